The second kappa shape index (κ2) is 7.35. The number of hydrogen-bond acceptors (Lipinski definition) is 6. The molecule has 0 aliphatic carbocycles. The van der Waals surface area contributed by atoms with E-state index < -0.39 is 0 Å². The third-order valence-corrected chi connectivity index (χ3v) is 4.83. The number of rotatable bonds is 5. The van der Waals surface area contributed by atoms with Gasteiger partial charge in [0, 0.05) is 17.3 Å². The van der Waals surface area contributed by atoms with Crippen LogP contribution in [0.25, 0.3) is 0 Å². The van der Waals surface area contributed by atoms with Crippen molar-refractivity contribution in [2.45, 2.75) is 13.1 Å². The molecule has 0 spiro atoms. The van der Waals surface area contributed by atoms with Gasteiger partial charge in [-0.05, 0) is 36.4 Å². The van der Waals surface area contributed by atoms with Crippen LogP contribution in [-0.4, -0.2) is 29.4 Å². The van der Waals surface area contributed by atoms with Crippen molar-refractivity contribution in [3.8, 4) is 23.0 Å². The number of carbonyl (C=O) groups is 1. The molecule has 1 amide bonds. The van der Waals surface area contributed by atoms with Gasteiger partial charge in [0.15, 0.2) is 23.0 Å². The van der Waals surface area contributed by atoms with E-state index in [9.17, 15) is 4.79 Å². The summed E-state index contributed by atoms with van der Waals surface area (Å²) in [4.78, 5) is 19.5. The molecular formula is C22H18N2O5. The molecule has 1 aromatic heterocycles. The molecule has 0 N–H and O–H groups in total. The Labute approximate surface area is 167 Å². The molecule has 2 aliphatic rings. The van der Waals surface area contributed by atoms with E-state index in [4.69, 9.17) is 18.9 Å². The van der Waals surface area contributed by atoms with Gasteiger partial charge < -0.3 is 23.8 Å². The van der Waals surface area contributed by atoms with Gasteiger partial charge in [-0.15, -0.1) is 0 Å². The molecule has 3 aromatic rings. The van der Waals surface area contributed by atoms with Crippen molar-refractivity contribution < 1.29 is 23.7 Å². The lowest BCUT2D eigenvalue weighted by molar-refractivity contribution is 0.0726. The summed E-state index contributed by atoms with van der Waals surface area (Å²) in [6.07, 6.45) is 1.72. The molecule has 0 unspecified atom stereocenters. The third kappa shape index (κ3) is 3.42. The Morgan fingerprint density at radius 1 is 0.862 bits per heavy atom. The van der Waals surface area contributed by atoms with E-state index in [-0.39, 0.29) is 19.5 Å². The van der Waals surface area contributed by atoms with Crippen LogP contribution in [0.1, 0.15) is 21.6 Å². The molecule has 0 bridgehead atoms. The van der Waals surface area contributed by atoms with Crippen LogP contribution in [0.3, 0.4) is 0 Å². The molecular weight excluding hydrogens is 372 g/mol. The SMILES string of the molecule is O=C(c1ccc2c(c1)OCO2)N(Cc1ccccn1)Cc1cccc2c1OCO2. The number of benzene rings is 2. The van der Waals surface area contributed by atoms with E-state index in [0.717, 1.165) is 11.3 Å². The van der Waals surface area contributed by atoms with Gasteiger partial charge in [0.25, 0.3) is 5.91 Å². The largest absolute Gasteiger partial charge is 0.454 e. The summed E-state index contributed by atoms with van der Waals surface area (Å²) in [6, 6.07) is 16.6. The first-order chi connectivity index (χ1) is 14.3. The normalized spacial score (nSPS) is 13.4. The summed E-state index contributed by atoms with van der Waals surface area (Å²) in [7, 11) is 0. The van der Waals surface area contributed by atoms with Crippen LogP contribution < -0.4 is 18.9 Å². The fourth-order valence-corrected chi connectivity index (χ4v) is 3.42. The molecule has 0 fully saturated rings. The summed E-state index contributed by atoms with van der Waals surface area (Å²) in [5.74, 6) is 2.45. The number of amides is 1. The maximum atomic E-state index is 13.4. The quantitative estimate of drug-likeness (QED) is 0.665. The molecule has 7 nitrogen and oxygen atoms in total. The van der Waals surface area contributed by atoms with Crippen LogP contribution in [0, 0.1) is 0 Å². The van der Waals surface area contributed by atoms with Crippen LogP contribution >= 0.6 is 0 Å². The first kappa shape index (κ1) is 17.4. The summed E-state index contributed by atoms with van der Waals surface area (Å²) < 4.78 is 21.9. The Kier molecular flexibility index (Phi) is 4.40. The zero-order chi connectivity index (χ0) is 19.6. The van der Waals surface area contributed by atoms with Crippen LogP contribution in [0.15, 0.2) is 60.8 Å². The smallest absolute Gasteiger partial charge is 0.254 e. The van der Waals surface area contributed by atoms with Crippen LogP contribution in [0.4, 0.5) is 0 Å². The number of hydrogen-bond donors (Lipinski definition) is 0. The maximum absolute atomic E-state index is 13.4. The Morgan fingerprint density at radius 3 is 2.62 bits per heavy atom. The molecule has 0 saturated heterocycles. The fraction of sp³-hybridized carbons (Fsp3) is 0.182. The maximum Gasteiger partial charge on any atom is 0.254 e. The highest BCUT2D eigenvalue weighted by atomic mass is 16.7. The van der Waals surface area contributed by atoms with Gasteiger partial charge in [-0.3, -0.25) is 9.78 Å². The zero-order valence-electron chi connectivity index (χ0n) is 15.5. The van der Waals surface area contributed by atoms with E-state index in [1.54, 1.807) is 29.3 Å². The average molecular weight is 390 g/mol. The monoisotopic (exact) mass is 390 g/mol. The number of nitrogens with zero attached hydrogens (tertiary/aromatic N) is 2. The van der Waals surface area contributed by atoms with E-state index >= 15 is 0 Å². The number of ether oxygens (including phenoxy) is 4. The van der Waals surface area contributed by atoms with Crippen molar-refractivity contribution >= 4 is 5.91 Å². The average Bonchev–Trinajstić information content (AvgIpc) is 3.42. The van der Waals surface area contributed by atoms with E-state index in [1.807, 2.05) is 36.4 Å². The van der Waals surface area contributed by atoms with Crippen LogP contribution in [-0.2, 0) is 13.1 Å². The first-order valence-electron chi connectivity index (χ1n) is 9.24. The molecule has 146 valence electrons. The van der Waals surface area contributed by atoms with E-state index in [0.29, 0.717) is 41.7 Å². The molecule has 2 aliphatic heterocycles. The Hall–Kier alpha value is -3.74. The standard InChI is InChI=1S/C22H18N2O5/c25-22(15-7-8-18-20(10-15)28-13-26-18)24(12-17-5-1-2-9-23-17)11-16-4-3-6-19-21(16)29-14-27-19/h1-10H,11-14H2. The molecule has 0 saturated carbocycles. The zero-order valence-corrected chi connectivity index (χ0v) is 15.5. The second-order valence-electron chi connectivity index (χ2n) is 6.70. The minimum absolute atomic E-state index is 0.134. The van der Waals surface area contributed by atoms with Gasteiger partial charge in [0.2, 0.25) is 13.6 Å². The number of fused-ring (bicyclic) bond motifs is 2. The highest BCUT2D eigenvalue weighted by Gasteiger charge is 2.24. The van der Waals surface area contributed by atoms with Gasteiger partial charge in [-0.2, -0.15) is 0 Å². The highest BCUT2D eigenvalue weighted by molar-refractivity contribution is 5.95. The van der Waals surface area contributed by atoms with Crippen molar-refractivity contribution in [1.29, 1.82) is 0 Å². The summed E-state index contributed by atoms with van der Waals surface area (Å²) in [5, 5.41) is 0. The fourth-order valence-electron chi connectivity index (χ4n) is 3.42. The van der Waals surface area contributed by atoms with Crippen molar-refractivity contribution in [3.63, 3.8) is 0 Å². The Bertz CT molecular complexity index is 1050. The topological polar surface area (TPSA) is 70.1 Å². The van der Waals surface area contributed by atoms with E-state index in [1.165, 1.54) is 0 Å². The van der Waals surface area contributed by atoms with Crippen molar-refractivity contribution in [1.82, 2.24) is 9.88 Å². The lowest BCUT2D eigenvalue weighted by atomic mass is 10.1. The van der Waals surface area contributed by atoms with Gasteiger partial charge in [0.05, 0.1) is 18.8 Å². The number of pyridine rings is 1. The minimum atomic E-state index is -0.134. The lowest BCUT2D eigenvalue weighted by Crippen LogP contribution is -2.30. The molecule has 5 rings (SSSR count). The molecule has 0 atom stereocenters. The van der Waals surface area contributed by atoms with Crippen LogP contribution in [0.5, 0.6) is 23.0 Å². The molecule has 7 heteroatoms. The van der Waals surface area contributed by atoms with Crippen molar-refractivity contribution in [3.05, 3.63) is 77.6 Å². The van der Waals surface area contributed by atoms with Crippen LogP contribution in [0.2, 0.25) is 0 Å². The highest BCUT2D eigenvalue weighted by Crippen LogP contribution is 2.37. The third-order valence-electron chi connectivity index (χ3n) is 4.83. The predicted molar refractivity (Wildman–Crippen MR) is 103 cm³/mol. The molecule has 0 radical (unpaired) electrons. The van der Waals surface area contributed by atoms with Crippen molar-refractivity contribution in [2.24, 2.45) is 0 Å². The molecule has 29 heavy (non-hydrogen) atoms. The van der Waals surface area contributed by atoms with Gasteiger partial charge in [-0.25, -0.2) is 0 Å². The Balaban J connectivity index is 1.47. The Morgan fingerprint density at radius 2 is 1.72 bits per heavy atom. The van der Waals surface area contributed by atoms with Gasteiger partial charge in [0.1, 0.15) is 0 Å². The second-order valence-corrected chi connectivity index (χ2v) is 6.70. The van der Waals surface area contributed by atoms with Crippen molar-refractivity contribution in [2.75, 3.05) is 13.6 Å². The summed E-state index contributed by atoms with van der Waals surface area (Å²) in [5.41, 5.74) is 2.20. The molecule has 3 heterocycles. The van der Waals surface area contributed by atoms with Gasteiger partial charge in [-0.1, -0.05) is 18.2 Å². The predicted octanol–water partition coefficient (Wildman–Crippen LogP) is 3.38. The number of para-hydroxylation sites is 1. The summed E-state index contributed by atoms with van der Waals surface area (Å²) in [6.45, 7) is 1.07. The summed E-state index contributed by atoms with van der Waals surface area (Å²) >= 11 is 0. The number of carbonyl (C=O) groups excluding carboxylic acids is 1. The molecule has 2 aromatic carbocycles. The van der Waals surface area contributed by atoms with Gasteiger partial charge >= 0.3 is 0 Å². The lowest BCUT2D eigenvalue weighted by Gasteiger charge is -2.23. The number of aromatic nitrogens is 1. The first-order valence-corrected chi connectivity index (χ1v) is 9.24. The van der Waals surface area contributed by atoms with E-state index in [2.05, 4.69) is 4.98 Å². The minimum Gasteiger partial charge on any atom is -0.454 e.